The van der Waals surface area contributed by atoms with Gasteiger partial charge in [0.25, 0.3) is 5.91 Å². The summed E-state index contributed by atoms with van der Waals surface area (Å²) in [6.45, 7) is 3.92. The van der Waals surface area contributed by atoms with Crippen LogP contribution in [0.5, 0.6) is 5.88 Å². The van der Waals surface area contributed by atoms with Crippen LogP contribution in [0.2, 0.25) is 0 Å². The van der Waals surface area contributed by atoms with Crippen molar-refractivity contribution < 1.29 is 9.53 Å². The van der Waals surface area contributed by atoms with Gasteiger partial charge in [-0.25, -0.2) is 0 Å². The fourth-order valence-corrected chi connectivity index (χ4v) is 2.92. The van der Waals surface area contributed by atoms with Gasteiger partial charge in [-0.15, -0.1) is 5.10 Å². The second kappa shape index (κ2) is 7.51. The Hall–Kier alpha value is -2.63. The van der Waals surface area contributed by atoms with E-state index in [9.17, 15) is 4.79 Å². The topological polar surface area (TPSA) is 58.6 Å². The van der Waals surface area contributed by atoms with Gasteiger partial charge in [-0.2, -0.15) is 5.10 Å². The van der Waals surface area contributed by atoms with E-state index in [1.165, 1.54) is 0 Å². The van der Waals surface area contributed by atoms with E-state index < -0.39 is 0 Å². The molecule has 0 radical (unpaired) electrons. The molecule has 3 rings (SSSR count). The summed E-state index contributed by atoms with van der Waals surface area (Å²) in [7, 11) is 3.95. The number of amides is 1. The summed E-state index contributed by atoms with van der Waals surface area (Å²) >= 11 is 0. The smallest absolute Gasteiger partial charge is 0.253 e. The summed E-state index contributed by atoms with van der Waals surface area (Å²) in [5.41, 5.74) is 2.63. The van der Waals surface area contributed by atoms with Crippen LogP contribution in [0.15, 0.2) is 36.4 Å². The van der Waals surface area contributed by atoms with Gasteiger partial charge >= 0.3 is 0 Å². The molecular weight excluding hydrogens is 316 g/mol. The highest BCUT2D eigenvalue weighted by Crippen LogP contribution is 2.21. The molecule has 1 aromatic heterocycles. The molecule has 2 heterocycles. The van der Waals surface area contributed by atoms with Crippen molar-refractivity contribution in [3.05, 3.63) is 47.7 Å². The number of hydrogen-bond acceptors (Lipinski definition) is 5. The fraction of sp³-hybridized carbons (Fsp3) is 0.421. The second-order valence-corrected chi connectivity index (χ2v) is 6.67. The third-order valence-electron chi connectivity index (χ3n) is 4.42. The van der Waals surface area contributed by atoms with Crippen LogP contribution in [-0.2, 0) is 0 Å². The van der Waals surface area contributed by atoms with Gasteiger partial charge in [-0.1, -0.05) is 6.07 Å². The summed E-state index contributed by atoms with van der Waals surface area (Å²) in [6, 6.07) is 11.4. The number of likely N-dealkylation sites (tertiary alicyclic amines) is 1. The minimum Gasteiger partial charge on any atom is -0.476 e. The van der Waals surface area contributed by atoms with Gasteiger partial charge in [0.05, 0.1) is 12.3 Å². The molecule has 0 bridgehead atoms. The first-order chi connectivity index (χ1) is 12.0. The molecule has 6 heteroatoms. The number of nitrogens with zero attached hydrogens (tertiary/aromatic N) is 4. The van der Waals surface area contributed by atoms with Crippen LogP contribution in [0.4, 0.5) is 5.69 Å². The second-order valence-electron chi connectivity index (χ2n) is 6.67. The molecule has 1 fully saturated rings. The van der Waals surface area contributed by atoms with Crippen molar-refractivity contribution in [2.24, 2.45) is 5.92 Å². The Morgan fingerprint density at radius 3 is 2.84 bits per heavy atom. The Morgan fingerprint density at radius 2 is 2.12 bits per heavy atom. The van der Waals surface area contributed by atoms with Crippen LogP contribution in [0.3, 0.4) is 0 Å². The molecule has 2 aromatic rings. The first-order valence-electron chi connectivity index (χ1n) is 8.53. The van der Waals surface area contributed by atoms with Crippen molar-refractivity contribution in [2.75, 3.05) is 38.7 Å². The number of ether oxygens (including phenoxy) is 1. The number of carbonyl (C=O) groups is 1. The van der Waals surface area contributed by atoms with E-state index in [0.717, 1.165) is 29.9 Å². The normalized spacial score (nSPS) is 16.8. The maximum atomic E-state index is 12.7. The van der Waals surface area contributed by atoms with Crippen LogP contribution < -0.4 is 9.64 Å². The van der Waals surface area contributed by atoms with Crippen LogP contribution in [0.1, 0.15) is 22.5 Å². The lowest BCUT2D eigenvalue weighted by Gasteiger charge is -2.18. The number of hydrogen-bond donors (Lipinski definition) is 0. The Kier molecular flexibility index (Phi) is 5.16. The average Bonchev–Trinajstić information content (AvgIpc) is 3.09. The van der Waals surface area contributed by atoms with E-state index >= 15 is 0 Å². The quantitative estimate of drug-likeness (QED) is 0.836. The third-order valence-corrected chi connectivity index (χ3v) is 4.42. The zero-order chi connectivity index (χ0) is 17.8. The van der Waals surface area contributed by atoms with Gasteiger partial charge in [-0.3, -0.25) is 4.79 Å². The molecule has 1 aliphatic heterocycles. The standard InChI is InChI=1S/C19H24N4O2/c1-14-7-8-18(21-20-14)25-13-15-9-10-23(12-15)19(24)16-5-4-6-17(11-16)22(2)3/h4-8,11,15H,9-10,12-13H2,1-3H3. The molecule has 6 nitrogen and oxygen atoms in total. The summed E-state index contributed by atoms with van der Waals surface area (Å²) in [5, 5.41) is 8.00. The van der Waals surface area contributed by atoms with E-state index in [0.29, 0.717) is 24.9 Å². The lowest BCUT2D eigenvalue weighted by molar-refractivity contribution is 0.0783. The summed E-state index contributed by atoms with van der Waals surface area (Å²) < 4.78 is 5.71. The number of aromatic nitrogens is 2. The van der Waals surface area contributed by atoms with Crippen molar-refractivity contribution in [1.29, 1.82) is 0 Å². The largest absolute Gasteiger partial charge is 0.476 e. The van der Waals surface area contributed by atoms with Crippen LogP contribution in [-0.4, -0.2) is 54.8 Å². The van der Waals surface area contributed by atoms with E-state index in [1.54, 1.807) is 0 Å². The third kappa shape index (κ3) is 4.26. The van der Waals surface area contributed by atoms with Crippen molar-refractivity contribution in [1.82, 2.24) is 15.1 Å². The van der Waals surface area contributed by atoms with Crippen molar-refractivity contribution in [3.63, 3.8) is 0 Å². The number of rotatable bonds is 5. The summed E-state index contributed by atoms with van der Waals surface area (Å²) in [4.78, 5) is 16.6. The van der Waals surface area contributed by atoms with E-state index in [1.807, 2.05) is 67.2 Å². The predicted octanol–water partition coefficient (Wildman–Crippen LogP) is 2.39. The lowest BCUT2D eigenvalue weighted by atomic mass is 10.1. The van der Waals surface area contributed by atoms with Crippen molar-refractivity contribution in [3.8, 4) is 5.88 Å². The molecule has 1 atom stereocenters. The highest BCUT2D eigenvalue weighted by Gasteiger charge is 2.27. The lowest BCUT2D eigenvalue weighted by Crippen LogP contribution is -2.29. The van der Waals surface area contributed by atoms with Crippen molar-refractivity contribution in [2.45, 2.75) is 13.3 Å². The first kappa shape index (κ1) is 17.2. The number of benzene rings is 1. The van der Waals surface area contributed by atoms with Gasteiger partial charge < -0.3 is 14.5 Å². The number of anilines is 1. The van der Waals surface area contributed by atoms with Gasteiger partial charge in [0.1, 0.15) is 0 Å². The SMILES string of the molecule is Cc1ccc(OCC2CCN(C(=O)c3cccc(N(C)C)c3)C2)nn1. The highest BCUT2D eigenvalue weighted by molar-refractivity contribution is 5.95. The summed E-state index contributed by atoms with van der Waals surface area (Å²) in [5.74, 6) is 0.944. The van der Waals surface area contributed by atoms with E-state index in [-0.39, 0.29) is 5.91 Å². The predicted molar refractivity (Wildman–Crippen MR) is 97.0 cm³/mol. The molecule has 0 aliphatic carbocycles. The zero-order valence-corrected chi connectivity index (χ0v) is 15.0. The molecule has 0 N–H and O–H groups in total. The molecule has 1 amide bonds. The zero-order valence-electron chi connectivity index (χ0n) is 15.0. The van der Waals surface area contributed by atoms with Gasteiger partial charge in [0.15, 0.2) is 0 Å². The van der Waals surface area contributed by atoms with Crippen LogP contribution in [0, 0.1) is 12.8 Å². The minimum absolute atomic E-state index is 0.0846. The Bertz CT molecular complexity index is 730. The maximum absolute atomic E-state index is 12.7. The minimum atomic E-state index is 0.0846. The molecule has 1 aromatic carbocycles. The van der Waals surface area contributed by atoms with Crippen LogP contribution in [0.25, 0.3) is 0 Å². The van der Waals surface area contributed by atoms with Gasteiger partial charge in [0.2, 0.25) is 5.88 Å². The Morgan fingerprint density at radius 1 is 1.28 bits per heavy atom. The Balaban J connectivity index is 1.56. The molecule has 0 spiro atoms. The Labute approximate surface area is 148 Å². The molecule has 1 saturated heterocycles. The number of carbonyl (C=O) groups excluding carboxylic acids is 1. The van der Waals surface area contributed by atoms with Gasteiger partial charge in [-0.05, 0) is 37.6 Å². The molecule has 0 saturated carbocycles. The van der Waals surface area contributed by atoms with E-state index in [4.69, 9.17) is 4.74 Å². The number of aryl methyl sites for hydroxylation is 1. The molecule has 1 unspecified atom stereocenters. The fourth-order valence-electron chi connectivity index (χ4n) is 2.92. The summed E-state index contributed by atoms with van der Waals surface area (Å²) in [6.07, 6.45) is 0.943. The average molecular weight is 340 g/mol. The van der Waals surface area contributed by atoms with Crippen LogP contribution >= 0.6 is 0 Å². The molecular formula is C19H24N4O2. The molecule has 25 heavy (non-hydrogen) atoms. The maximum Gasteiger partial charge on any atom is 0.253 e. The van der Waals surface area contributed by atoms with Gasteiger partial charge in [0, 0.05) is 50.4 Å². The van der Waals surface area contributed by atoms with E-state index in [2.05, 4.69) is 10.2 Å². The first-order valence-corrected chi connectivity index (χ1v) is 8.53. The van der Waals surface area contributed by atoms with Crippen molar-refractivity contribution >= 4 is 11.6 Å². The monoisotopic (exact) mass is 340 g/mol. The molecule has 132 valence electrons. The highest BCUT2D eigenvalue weighted by atomic mass is 16.5. The molecule has 1 aliphatic rings.